The van der Waals surface area contributed by atoms with Crippen molar-refractivity contribution in [3.63, 3.8) is 0 Å². The summed E-state index contributed by atoms with van der Waals surface area (Å²) in [5, 5.41) is 4.94. The molecule has 0 saturated carbocycles. The first-order chi connectivity index (χ1) is 11.0. The highest BCUT2D eigenvalue weighted by Crippen LogP contribution is 2.27. The highest BCUT2D eigenvalue weighted by molar-refractivity contribution is 14.1. The van der Waals surface area contributed by atoms with Crippen molar-refractivity contribution in [1.29, 1.82) is 0 Å². The van der Waals surface area contributed by atoms with E-state index in [0.717, 1.165) is 18.6 Å². The second-order valence-electron chi connectivity index (χ2n) is 6.19. The number of nitrogens with one attached hydrogen (secondary N) is 1. The normalized spacial score (nSPS) is 12.8. The van der Waals surface area contributed by atoms with E-state index in [-0.39, 0.29) is 0 Å². The van der Waals surface area contributed by atoms with Crippen LogP contribution in [0.2, 0.25) is 0 Å². The van der Waals surface area contributed by atoms with Crippen LogP contribution in [-0.4, -0.2) is 35.6 Å². The highest BCUT2D eigenvalue weighted by Gasteiger charge is 2.10. The molecular formula is C19H28IN3. The molecule has 126 valence electrons. The van der Waals surface area contributed by atoms with Crippen LogP contribution in [0, 0.1) is 10.5 Å². The Kier molecular flexibility index (Phi) is 7.09. The van der Waals surface area contributed by atoms with Gasteiger partial charge < -0.3 is 10.2 Å². The molecule has 1 N–H and O–H groups in total. The summed E-state index contributed by atoms with van der Waals surface area (Å²) in [5.74, 6) is 0. The average molecular weight is 425 g/mol. The molecular weight excluding hydrogens is 397 g/mol. The molecule has 0 aliphatic heterocycles. The maximum atomic E-state index is 4.57. The molecule has 0 aliphatic carbocycles. The van der Waals surface area contributed by atoms with Crippen molar-refractivity contribution in [1.82, 2.24) is 9.88 Å². The summed E-state index contributed by atoms with van der Waals surface area (Å²) in [6.45, 7) is 12.4. The molecule has 0 amide bonds. The molecule has 2 aromatic rings. The molecule has 0 radical (unpaired) electrons. The van der Waals surface area contributed by atoms with E-state index in [2.05, 4.69) is 83.7 Å². The number of fused-ring (bicyclic) bond motifs is 1. The largest absolute Gasteiger partial charge is 0.382 e. The minimum absolute atomic E-state index is 0.467. The Morgan fingerprint density at radius 2 is 2.00 bits per heavy atom. The van der Waals surface area contributed by atoms with E-state index in [1.165, 1.54) is 39.6 Å². The van der Waals surface area contributed by atoms with Crippen molar-refractivity contribution >= 4 is 39.2 Å². The number of nitrogens with zero attached hydrogens (tertiary/aromatic N) is 2. The lowest BCUT2D eigenvalue weighted by Gasteiger charge is -2.21. The lowest BCUT2D eigenvalue weighted by molar-refractivity contribution is 0.295. The van der Waals surface area contributed by atoms with Gasteiger partial charge in [0.2, 0.25) is 0 Å². The van der Waals surface area contributed by atoms with Crippen molar-refractivity contribution in [3.05, 3.63) is 33.5 Å². The predicted molar refractivity (Wildman–Crippen MR) is 109 cm³/mol. The van der Waals surface area contributed by atoms with Gasteiger partial charge in [-0.15, -0.1) is 0 Å². The Morgan fingerprint density at radius 3 is 2.70 bits per heavy atom. The SMILES string of the molecule is CCN(CC)CCCC(C)Nc1c(C)cnc2cc(I)ccc12. The molecule has 1 aromatic heterocycles. The third kappa shape index (κ3) is 5.05. The van der Waals surface area contributed by atoms with Gasteiger partial charge in [0.15, 0.2) is 0 Å². The van der Waals surface area contributed by atoms with Gasteiger partial charge in [0.1, 0.15) is 0 Å². The molecule has 23 heavy (non-hydrogen) atoms. The van der Waals surface area contributed by atoms with Crippen molar-refractivity contribution in [2.45, 2.75) is 46.6 Å². The number of rotatable bonds is 8. The average Bonchev–Trinajstić information content (AvgIpc) is 2.54. The summed E-state index contributed by atoms with van der Waals surface area (Å²) in [6, 6.07) is 6.95. The minimum Gasteiger partial charge on any atom is -0.382 e. The molecule has 0 bridgehead atoms. The van der Waals surface area contributed by atoms with Crippen LogP contribution in [0.1, 0.15) is 39.2 Å². The monoisotopic (exact) mass is 425 g/mol. The lowest BCUT2D eigenvalue weighted by Crippen LogP contribution is -2.25. The van der Waals surface area contributed by atoms with Crippen molar-refractivity contribution in [3.8, 4) is 0 Å². The molecule has 0 spiro atoms. The Labute approximate surface area is 154 Å². The molecule has 3 nitrogen and oxygen atoms in total. The quantitative estimate of drug-likeness (QED) is 0.599. The van der Waals surface area contributed by atoms with E-state index in [0.29, 0.717) is 6.04 Å². The second-order valence-corrected chi connectivity index (χ2v) is 7.44. The summed E-state index contributed by atoms with van der Waals surface area (Å²) >= 11 is 2.34. The predicted octanol–water partition coefficient (Wildman–Crippen LogP) is 5.07. The number of hydrogen-bond donors (Lipinski definition) is 1. The van der Waals surface area contributed by atoms with E-state index in [9.17, 15) is 0 Å². The standard InChI is InChI=1S/C19H28IN3/c1-5-23(6-2)11-7-8-15(4)22-19-14(3)13-21-18-12-16(20)9-10-17(18)19/h9-10,12-13,15H,5-8,11H2,1-4H3,(H,21,22). The van der Waals surface area contributed by atoms with Gasteiger partial charge in [0.05, 0.1) is 5.52 Å². The van der Waals surface area contributed by atoms with E-state index in [1.54, 1.807) is 0 Å². The number of halogens is 1. The molecule has 1 aromatic carbocycles. The number of hydrogen-bond acceptors (Lipinski definition) is 3. The fraction of sp³-hybridized carbons (Fsp3) is 0.526. The third-order valence-electron chi connectivity index (χ3n) is 4.42. The summed E-state index contributed by atoms with van der Waals surface area (Å²) < 4.78 is 1.23. The van der Waals surface area contributed by atoms with Crippen LogP contribution in [-0.2, 0) is 0 Å². The zero-order valence-corrected chi connectivity index (χ0v) is 16.9. The number of benzene rings is 1. The summed E-state index contributed by atoms with van der Waals surface area (Å²) in [6.07, 6.45) is 4.39. The zero-order valence-electron chi connectivity index (χ0n) is 14.7. The summed E-state index contributed by atoms with van der Waals surface area (Å²) in [5.41, 5.74) is 3.52. The van der Waals surface area contributed by atoms with Gasteiger partial charge in [-0.3, -0.25) is 4.98 Å². The lowest BCUT2D eigenvalue weighted by atomic mass is 10.1. The van der Waals surface area contributed by atoms with Crippen LogP contribution in [0.3, 0.4) is 0 Å². The number of aromatic nitrogens is 1. The van der Waals surface area contributed by atoms with Gasteiger partial charge >= 0.3 is 0 Å². The Morgan fingerprint density at radius 1 is 1.26 bits per heavy atom. The maximum Gasteiger partial charge on any atom is 0.0733 e. The maximum absolute atomic E-state index is 4.57. The highest BCUT2D eigenvalue weighted by atomic mass is 127. The number of pyridine rings is 1. The first-order valence-corrected chi connectivity index (χ1v) is 9.66. The number of anilines is 1. The summed E-state index contributed by atoms with van der Waals surface area (Å²) in [7, 11) is 0. The topological polar surface area (TPSA) is 28.2 Å². The summed E-state index contributed by atoms with van der Waals surface area (Å²) in [4.78, 5) is 7.05. The fourth-order valence-electron chi connectivity index (χ4n) is 2.94. The zero-order chi connectivity index (χ0) is 16.8. The molecule has 1 unspecified atom stereocenters. The van der Waals surface area contributed by atoms with Gasteiger partial charge in [0, 0.05) is 26.9 Å². The first-order valence-electron chi connectivity index (χ1n) is 8.58. The first kappa shape index (κ1) is 18.5. The van der Waals surface area contributed by atoms with Crippen LogP contribution in [0.4, 0.5) is 5.69 Å². The van der Waals surface area contributed by atoms with Gasteiger partial charge in [-0.25, -0.2) is 0 Å². The molecule has 4 heteroatoms. The van der Waals surface area contributed by atoms with E-state index in [1.807, 2.05) is 6.20 Å². The van der Waals surface area contributed by atoms with Crippen LogP contribution in [0.25, 0.3) is 10.9 Å². The van der Waals surface area contributed by atoms with Gasteiger partial charge in [-0.1, -0.05) is 13.8 Å². The smallest absolute Gasteiger partial charge is 0.0733 e. The molecule has 2 rings (SSSR count). The van der Waals surface area contributed by atoms with Crippen LogP contribution in [0.15, 0.2) is 24.4 Å². The Hall–Kier alpha value is -0.880. The molecule has 1 heterocycles. The molecule has 0 aliphatic rings. The fourth-order valence-corrected chi connectivity index (χ4v) is 3.41. The van der Waals surface area contributed by atoms with Crippen LogP contribution >= 0.6 is 22.6 Å². The van der Waals surface area contributed by atoms with E-state index in [4.69, 9.17) is 0 Å². The van der Waals surface area contributed by atoms with Gasteiger partial charge in [0.25, 0.3) is 0 Å². The van der Waals surface area contributed by atoms with Crippen LogP contribution in [0.5, 0.6) is 0 Å². The van der Waals surface area contributed by atoms with Crippen molar-refractivity contribution < 1.29 is 0 Å². The molecule has 0 saturated heterocycles. The molecule has 1 atom stereocenters. The third-order valence-corrected chi connectivity index (χ3v) is 5.09. The van der Waals surface area contributed by atoms with Gasteiger partial charge in [-0.05, 0) is 92.7 Å². The van der Waals surface area contributed by atoms with E-state index >= 15 is 0 Å². The Balaban J connectivity index is 2.04. The van der Waals surface area contributed by atoms with Crippen LogP contribution < -0.4 is 5.32 Å². The van der Waals surface area contributed by atoms with Crippen molar-refractivity contribution in [2.24, 2.45) is 0 Å². The van der Waals surface area contributed by atoms with E-state index < -0.39 is 0 Å². The molecule has 0 fully saturated rings. The Bertz CT molecular complexity index is 638. The van der Waals surface area contributed by atoms with Crippen molar-refractivity contribution in [2.75, 3.05) is 25.0 Å². The second kappa shape index (κ2) is 8.83. The van der Waals surface area contributed by atoms with Gasteiger partial charge in [-0.2, -0.15) is 0 Å². The number of aryl methyl sites for hydroxylation is 1. The minimum atomic E-state index is 0.467.